The number of likely N-dealkylation sites (tertiary alicyclic amines) is 1. The van der Waals surface area contributed by atoms with Gasteiger partial charge >= 0.3 is 5.97 Å². The fourth-order valence-electron chi connectivity index (χ4n) is 3.18. The zero-order valence-electron chi connectivity index (χ0n) is 15.5. The molecule has 2 rings (SSSR count). The monoisotopic (exact) mass is 383 g/mol. The number of hydrogen-bond donors (Lipinski definition) is 1. The van der Waals surface area contributed by atoms with Gasteiger partial charge in [0.1, 0.15) is 0 Å². The van der Waals surface area contributed by atoms with E-state index in [4.69, 9.17) is 21.1 Å². The number of carboxylic acid groups (broad SMARTS) is 1. The zero-order chi connectivity index (χ0) is 19.3. The van der Waals surface area contributed by atoms with E-state index in [1.54, 1.807) is 17.0 Å². The van der Waals surface area contributed by atoms with E-state index in [-0.39, 0.29) is 11.8 Å². The van der Waals surface area contributed by atoms with Gasteiger partial charge in [0.25, 0.3) is 5.91 Å². The Bertz CT molecular complexity index is 664. The predicted molar refractivity (Wildman–Crippen MR) is 99.2 cm³/mol. The van der Waals surface area contributed by atoms with Crippen molar-refractivity contribution in [1.82, 2.24) is 4.90 Å². The van der Waals surface area contributed by atoms with Crippen LogP contribution in [-0.2, 0) is 4.79 Å². The summed E-state index contributed by atoms with van der Waals surface area (Å²) in [6.45, 7) is 7.46. The second kappa shape index (κ2) is 9.12. The maximum atomic E-state index is 12.9. The Morgan fingerprint density at radius 1 is 1.31 bits per heavy atom. The Hall–Kier alpha value is -1.95. The molecule has 7 heteroatoms. The quantitative estimate of drug-likeness (QED) is 0.776. The summed E-state index contributed by atoms with van der Waals surface area (Å²) in [7, 11) is 0. The maximum absolute atomic E-state index is 12.9. The zero-order valence-corrected chi connectivity index (χ0v) is 16.2. The van der Waals surface area contributed by atoms with Gasteiger partial charge in [0.2, 0.25) is 0 Å². The van der Waals surface area contributed by atoms with Crippen LogP contribution in [0, 0.1) is 11.8 Å². The predicted octanol–water partition coefficient (Wildman–Crippen LogP) is 3.71. The van der Waals surface area contributed by atoms with Gasteiger partial charge in [0, 0.05) is 18.7 Å². The number of hydrogen-bond acceptors (Lipinski definition) is 4. The van der Waals surface area contributed by atoms with Crippen molar-refractivity contribution in [3.8, 4) is 11.5 Å². The fraction of sp³-hybridized carbons (Fsp3) is 0.579. The summed E-state index contributed by atoms with van der Waals surface area (Å²) in [4.78, 5) is 25.8. The molecule has 1 N–H and O–H groups in total. The number of piperidine rings is 1. The number of halogens is 1. The molecule has 0 aliphatic carbocycles. The van der Waals surface area contributed by atoms with Crippen LogP contribution in [0.4, 0.5) is 0 Å². The van der Waals surface area contributed by atoms with Gasteiger partial charge < -0.3 is 19.5 Å². The summed E-state index contributed by atoms with van der Waals surface area (Å²) < 4.78 is 11.3. The highest BCUT2D eigenvalue weighted by Crippen LogP contribution is 2.37. The molecule has 1 aromatic rings. The van der Waals surface area contributed by atoms with Crippen LogP contribution in [0.3, 0.4) is 0 Å². The lowest BCUT2D eigenvalue weighted by Gasteiger charge is -2.35. The molecule has 0 spiro atoms. The van der Waals surface area contributed by atoms with E-state index in [1.165, 1.54) is 0 Å². The number of nitrogens with zero attached hydrogens (tertiary/aromatic N) is 1. The highest BCUT2D eigenvalue weighted by Gasteiger charge is 2.33. The van der Waals surface area contributed by atoms with Crippen molar-refractivity contribution in [2.45, 2.75) is 33.6 Å². The Morgan fingerprint density at radius 2 is 2.04 bits per heavy atom. The first-order valence-electron chi connectivity index (χ1n) is 9.00. The molecule has 0 saturated carbocycles. The van der Waals surface area contributed by atoms with E-state index in [2.05, 4.69) is 0 Å². The Balaban J connectivity index is 2.22. The van der Waals surface area contributed by atoms with Crippen LogP contribution in [0.1, 0.15) is 44.0 Å². The van der Waals surface area contributed by atoms with Crippen molar-refractivity contribution in [3.63, 3.8) is 0 Å². The van der Waals surface area contributed by atoms with Crippen LogP contribution in [-0.4, -0.2) is 48.2 Å². The molecule has 1 heterocycles. The van der Waals surface area contributed by atoms with Gasteiger partial charge in [0.15, 0.2) is 11.5 Å². The average molecular weight is 384 g/mol. The van der Waals surface area contributed by atoms with Crippen molar-refractivity contribution < 1.29 is 24.2 Å². The fourth-order valence-corrected chi connectivity index (χ4v) is 3.44. The summed E-state index contributed by atoms with van der Waals surface area (Å²) in [6.07, 6.45) is 1.28. The summed E-state index contributed by atoms with van der Waals surface area (Å²) in [5.74, 6) is -0.588. The van der Waals surface area contributed by atoms with E-state index >= 15 is 0 Å². The highest BCUT2D eigenvalue weighted by atomic mass is 35.5. The Morgan fingerprint density at radius 3 is 2.62 bits per heavy atom. The van der Waals surface area contributed by atoms with Crippen molar-refractivity contribution in [2.75, 3.05) is 26.3 Å². The van der Waals surface area contributed by atoms with E-state index in [0.717, 1.165) is 6.42 Å². The van der Waals surface area contributed by atoms with Crippen LogP contribution in [0.5, 0.6) is 11.5 Å². The molecule has 0 aromatic heterocycles. The summed E-state index contributed by atoms with van der Waals surface area (Å²) in [5, 5.41) is 9.57. The summed E-state index contributed by atoms with van der Waals surface area (Å²) in [6, 6.07) is 3.24. The number of ether oxygens (including phenoxy) is 2. The SMILES string of the molecule is CCCOc1c(Cl)cc(C(=O)N2CCC(C(=O)O)C(C)C2)cc1OCC. The van der Waals surface area contributed by atoms with Crippen molar-refractivity contribution in [3.05, 3.63) is 22.7 Å². The first-order chi connectivity index (χ1) is 12.4. The average Bonchev–Trinajstić information content (AvgIpc) is 2.60. The lowest BCUT2D eigenvalue weighted by atomic mass is 9.87. The molecule has 144 valence electrons. The molecular weight excluding hydrogens is 358 g/mol. The summed E-state index contributed by atoms with van der Waals surface area (Å²) in [5.41, 5.74) is 0.420. The third-order valence-electron chi connectivity index (χ3n) is 4.52. The van der Waals surface area contributed by atoms with E-state index < -0.39 is 11.9 Å². The number of aliphatic carboxylic acids is 1. The van der Waals surface area contributed by atoms with Gasteiger partial charge in [-0.3, -0.25) is 9.59 Å². The topological polar surface area (TPSA) is 76.1 Å². The number of amides is 1. The first-order valence-corrected chi connectivity index (χ1v) is 9.38. The molecule has 0 bridgehead atoms. The minimum Gasteiger partial charge on any atom is -0.490 e. The molecule has 6 nitrogen and oxygen atoms in total. The lowest BCUT2D eigenvalue weighted by Crippen LogP contribution is -2.45. The molecule has 2 atom stereocenters. The maximum Gasteiger partial charge on any atom is 0.306 e. The normalized spacial score (nSPS) is 19.9. The van der Waals surface area contributed by atoms with Crippen molar-refractivity contribution >= 4 is 23.5 Å². The van der Waals surface area contributed by atoms with Gasteiger partial charge in [-0.2, -0.15) is 0 Å². The van der Waals surface area contributed by atoms with Crippen molar-refractivity contribution in [1.29, 1.82) is 0 Å². The summed E-state index contributed by atoms with van der Waals surface area (Å²) >= 11 is 6.33. The molecule has 1 fully saturated rings. The Labute approximate surface area is 159 Å². The number of carboxylic acids is 1. The lowest BCUT2D eigenvalue weighted by molar-refractivity contribution is -0.145. The first kappa shape index (κ1) is 20.4. The van der Waals surface area contributed by atoms with Crippen LogP contribution in [0.15, 0.2) is 12.1 Å². The third-order valence-corrected chi connectivity index (χ3v) is 4.80. The number of benzene rings is 1. The molecule has 1 aliphatic heterocycles. The van der Waals surface area contributed by atoms with Crippen LogP contribution < -0.4 is 9.47 Å². The van der Waals surface area contributed by atoms with Crippen LogP contribution >= 0.6 is 11.6 Å². The van der Waals surface area contributed by atoms with E-state index in [1.807, 2.05) is 20.8 Å². The molecule has 26 heavy (non-hydrogen) atoms. The van der Waals surface area contributed by atoms with Gasteiger partial charge in [-0.05, 0) is 37.8 Å². The molecule has 1 saturated heterocycles. The smallest absolute Gasteiger partial charge is 0.306 e. The van der Waals surface area contributed by atoms with Crippen LogP contribution in [0.25, 0.3) is 0 Å². The minimum absolute atomic E-state index is 0.0980. The largest absolute Gasteiger partial charge is 0.490 e. The molecule has 1 aromatic carbocycles. The molecule has 0 radical (unpaired) electrons. The van der Waals surface area contributed by atoms with Gasteiger partial charge in [-0.1, -0.05) is 25.4 Å². The van der Waals surface area contributed by atoms with E-state index in [9.17, 15) is 14.7 Å². The standard InChI is InChI=1S/C19H26ClNO5/c1-4-8-26-17-15(20)9-13(10-16(17)25-5-2)18(22)21-7-6-14(19(23)24)12(3)11-21/h9-10,12,14H,4-8,11H2,1-3H3,(H,23,24). The highest BCUT2D eigenvalue weighted by molar-refractivity contribution is 6.32. The van der Waals surface area contributed by atoms with E-state index in [0.29, 0.717) is 54.8 Å². The van der Waals surface area contributed by atoms with Crippen molar-refractivity contribution in [2.24, 2.45) is 11.8 Å². The number of carbonyl (C=O) groups is 2. The van der Waals surface area contributed by atoms with Crippen LogP contribution in [0.2, 0.25) is 5.02 Å². The van der Waals surface area contributed by atoms with Gasteiger partial charge in [-0.25, -0.2) is 0 Å². The third kappa shape index (κ3) is 4.61. The van der Waals surface area contributed by atoms with Gasteiger partial charge in [-0.15, -0.1) is 0 Å². The second-order valence-corrected chi connectivity index (χ2v) is 6.94. The number of carbonyl (C=O) groups excluding carboxylic acids is 1. The molecule has 2 unspecified atom stereocenters. The minimum atomic E-state index is -0.802. The number of rotatable bonds is 7. The van der Waals surface area contributed by atoms with Gasteiger partial charge in [0.05, 0.1) is 24.2 Å². The molecule has 1 aliphatic rings. The second-order valence-electron chi connectivity index (χ2n) is 6.53. The Kier molecular flexibility index (Phi) is 7.14. The molecular formula is C19H26ClNO5. The molecule has 1 amide bonds.